The molecule has 0 bridgehead atoms. The van der Waals surface area contributed by atoms with Crippen molar-refractivity contribution < 1.29 is 9.90 Å². The van der Waals surface area contributed by atoms with E-state index in [1.807, 2.05) is 6.92 Å². The summed E-state index contributed by atoms with van der Waals surface area (Å²) < 4.78 is 0. The highest BCUT2D eigenvalue weighted by Gasteiger charge is 2.55. The first-order chi connectivity index (χ1) is 5.52. The SMILES string of the molecule is C=C[C@@H]1C[C@]1(N)C(=O)O.CCCl. The van der Waals surface area contributed by atoms with Gasteiger partial charge in [0.15, 0.2) is 0 Å². The summed E-state index contributed by atoms with van der Waals surface area (Å²) in [6, 6.07) is 0. The Morgan fingerprint density at radius 1 is 2.00 bits per heavy atom. The molecule has 3 N–H and O–H groups in total. The fourth-order valence-corrected chi connectivity index (χ4v) is 0.845. The first-order valence-electron chi connectivity index (χ1n) is 3.73. The molecule has 12 heavy (non-hydrogen) atoms. The highest BCUT2D eigenvalue weighted by Crippen LogP contribution is 2.41. The number of alkyl halides is 1. The Hall–Kier alpha value is -0.540. The largest absolute Gasteiger partial charge is 0.480 e. The van der Waals surface area contributed by atoms with E-state index in [1.165, 1.54) is 0 Å². The molecule has 0 unspecified atom stereocenters. The van der Waals surface area contributed by atoms with Crippen LogP contribution in [0.15, 0.2) is 12.7 Å². The van der Waals surface area contributed by atoms with Crippen molar-refractivity contribution >= 4 is 17.6 Å². The molecule has 1 fully saturated rings. The van der Waals surface area contributed by atoms with E-state index in [0.717, 1.165) is 5.88 Å². The molecule has 0 spiro atoms. The molecule has 0 heterocycles. The number of hydrogen-bond donors (Lipinski definition) is 2. The van der Waals surface area contributed by atoms with Gasteiger partial charge in [-0.3, -0.25) is 4.79 Å². The Morgan fingerprint density at radius 3 is 2.50 bits per heavy atom. The fourth-order valence-electron chi connectivity index (χ4n) is 0.845. The second kappa shape index (κ2) is 4.48. The quantitative estimate of drug-likeness (QED) is 0.510. The number of nitrogens with two attached hydrogens (primary N) is 1. The van der Waals surface area contributed by atoms with Crippen molar-refractivity contribution in [2.24, 2.45) is 11.7 Å². The lowest BCUT2D eigenvalue weighted by atomic mass is 10.2. The highest BCUT2D eigenvalue weighted by molar-refractivity contribution is 6.17. The molecule has 1 aliphatic carbocycles. The lowest BCUT2D eigenvalue weighted by molar-refractivity contribution is -0.139. The Labute approximate surface area is 77.2 Å². The number of hydrogen-bond acceptors (Lipinski definition) is 2. The molecule has 2 atom stereocenters. The standard InChI is InChI=1S/C6H9NO2.C2H5Cl/c1-2-4-3-6(4,7)5(8)9;1-2-3/h2,4H,1,3,7H2,(H,8,9);2H2,1H3/t4-,6-;/m1./s1. The Bertz CT molecular complexity index is 184. The van der Waals surface area contributed by atoms with E-state index in [9.17, 15) is 4.79 Å². The van der Waals surface area contributed by atoms with Crippen molar-refractivity contribution in [2.45, 2.75) is 18.9 Å². The molecule has 0 amide bonds. The van der Waals surface area contributed by atoms with Crippen LogP contribution in [0, 0.1) is 5.92 Å². The van der Waals surface area contributed by atoms with E-state index in [-0.39, 0.29) is 5.92 Å². The van der Waals surface area contributed by atoms with Crippen molar-refractivity contribution in [3.8, 4) is 0 Å². The third-order valence-corrected chi connectivity index (χ3v) is 1.74. The van der Waals surface area contributed by atoms with Crippen LogP contribution in [0.2, 0.25) is 0 Å². The zero-order valence-electron chi connectivity index (χ0n) is 7.09. The molecule has 0 aromatic carbocycles. The van der Waals surface area contributed by atoms with Gasteiger partial charge in [0.1, 0.15) is 5.54 Å². The van der Waals surface area contributed by atoms with Crippen molar-refractivity contribution in [3.63, 3.8) is 0 Å². The van der Waals surface area contributed by atoms with E-state index < -0.39 is 11.5 Å². The molecule has 70 valence electrons. The minimum atomic E-state index is -0.984. The molecule has 0 radical (unpaired) electrons. The van der Waals surface area contributed by atoms with Gasteiger partial charge in [-0.25, -0.2) is 0 Å². The average Bonchev–Trinajstić information content (AvgIpc) is 2.65. The first-order valence-corrected chi connectivity index (χ1v) is 4.27. The third-order valence-electron chi connectivity index (χ3n) is 1.74. The van der Waals surface area contributed by atoms with Crippen LogP contribution in [0.4, 0.5) is 0 Å². The van der Waals surface area contributed by atoms with Gasteiger partial charge >= 0.3 is 5.97 Å². The molecular formula is C8H14ClNO2. The molecule has 3 nitrogen and oxygen atoms in total. The van der Waals surface area contributed by atoms with E-state index in [1.54, 1.807) is 6.08 Å². The Balaban J connectivity index is 0.000000354. The summed E-state index contributed by atoms with van der Waals surface area (Å²) in [7, 11) is 0. The van der Waals surface area contributed by atoms with Gasteiger partial charge in [-0.1, -0.05) is 13.0 Å². The van der Waals surface area contributed by atoms with E-state index in [0.29, 0.717) is 6.42 Å². The highest BCUT2D eigenvalue weighted by atomic mass is 35.5. The third kappa shape index (κ3) is 2.50. The maximum absolute atomic E-state index is 10.3. The molecular weight excluding hydrogens is 178 g/mol. The van der Waals surface area contributed by atoms with E-state index >= 15 is 0 Å². The van der Waals surface area contributed by atoms with Crippen molar-refractivity contribution in [2.75, 3.05) is 5.88 Å². The van der Waals surface area contributed by atoms with Gasteiger partial charge in [0.05, 0.1) is 0 Å². The number of rotatable bonds is 2. The number of carboxylic acids is 1. The summed E-state index contributed by atoms with van der Waals surface area (Å²) in [6.45, 7) is 5.35. The number of aliphatic carboxylic acids is 1. The second-order valence-electron chi connectivity index (χ2n) is 2.66. The number of halogens is 1. The monoisotopic (exact) mass is 191 g/mol. The van der Waals surface area contributed by atoms with Crippen LogP contribution >= 0.6 is 11.6 Å². The zero-order chi connectivity index (χ0) is 9.78. The topological polar surface area (TPSA) is 63.3 Å². The fraction of sp³-hybridized carbons (Fsp3) is 0.625. The van der Waals surface area contributed by atoms with Crippen LogP contribution in [0.5, 0.6) is 0 Å². The summed E-state index contributed by atoms with van der Waals surface area (Å²) in [4.78, 5) is 10.3. The van der Waals surface area contributed by atoms with Gasteiger partial charge in [-0.2, -0.15) is 0 Å². The van der Waals surface area contributed by atoms with Gasteiger partial charge in [0, 0.05) is 11.8 Å². The minimum Gasteiger partial charge on any atom is -0.480 e. The number of carbonyl (C=O) groups is 1. The van der Waals surface area contributed by atoms with Crippen molar-refractivity contribution in [1.29, 1.82) is 0 Å². The van der Waals surface area contributed by atoms with Crippen LogP contribution in [0.3, 0.4) is 0 Å². The van der Waals surface area contributed by atoms with Gasteiger partial charge in [-0.15, -0.1) is 18.2 Å². The lowest BCUT2D eigenvalue weighted by Gasteiger charge is -1.99. The van der Waals surface area contributed by atoms with Crippen LogP contribution in [-0.2, 0) is 4.79 Å². The predicted octanol–water partition coefficient (Wildman–Crippen LogP) is 1.22. The molecule has 1 saturated carbocycles. The molecule has 0 aromatic rings. The average molecular weight is 192 g/mol. The summed E-state index contributed by atoms with van der Waals surface area (Å²) in [6.07, 6.45) is 2.12. The van der Waals surface area contributed by atoms with E-state index in [4.69, 9.17) is 22.4 Å². The maximum atomic E-state index is 10.3. The second-order valence-corrected chi connectivity index (χ2v) is 3.19. The van der Waals surface area contributed by atoms with Gasteiger partial charge in [0.25, 0.3) is 0 Å². The Kier molecular flexibility index (Phi) is 4.28. The number of carboxylic acid groups (broad SMARTS) is 1. The smallest absolute Gasteiger partial charge is 0.324 e. The van der Waals surface area contributed by atoms with Gasteiger partial charge < -0.3 is 10.8 Å². The molecule has 0 aliphatic heterocycles. The zero-order valence-corrected chi connectivity index (χ0v) is 7.84. The molecule has 0 aromatic heterocycles. The minimum absolute atomic E-state index is 0.0185. The van der Waals surface area contributed by atoms with Gasteiger partial charge in [0.2, 0.25) is 0 Å². The van der Waals surface area contributed by atoms with Crippen molar-refractivity contribution in [3.05, 3.63) is 12.7 Å². The molecule has 0 saturated heterocycles. The van der Waals surface area contributed by atoms with Crippen LogP contribution < -0.4 is 5.73 Å². The maximum Gasteiger partial charge on any atom is 0.324 e. The van der Waals surface area contributed by atoms with Gasteiger partial charge in [-0.05, 0) is 6.42 Å². The predicted molar refractivity (Wildman–Crippen MR) is 49.3 cm³/mol. The summed E-state index contributed by atoms with van der Waals surface area (Å²) >= 11 is 5.00. The van der Waals surface area contributed by atoms with Crippen LogP contribution in [0.25, 0.3) is 0 Å². The normalized spacial score (nSPS) is 31.4. The molecule has 1 aliphatic rings. The molecule has 1 rings (SSSR count). The van der Waals surface area contributed by atoms with Crippen molar-refractivity contribution in [1.82, 2.24) is 0 Å². The first kappa shape index (κ1) is 11.5. The lowest BCUT2D eigenvalue weighted by Crippen LogP contribution is -2.34. The summed E-state index contributed by atoms with van der Waals surface area (Å²) in [5, 5.41) is 8.44. The van der Waals surface area contributed by atoms with E-state index in [2.05, 4.69) is 6.58 Å². The van der Waals surface area contributed by atoms with Crippen LogP contribution in [0.1, 0.15) is 13.3 Å². The molecule has 4 heteroatoms. The summed E-state index contributed by atoms with van der Waals surface area (Å²) in [5.41, 5.74) is 4.39. The van der Waals surface area contributed by atoms with Crippen LogP contribution in [-0.4, -0.2) is 22.5 Å². The summed E-state index contributed by atoms with van der Waals surface area (Å²) in [5.74, 6) is -0.220. The Morgan fingerprint density at radius 2 is 2.42 bits per heavy atom.